The molecule has 0 N–H and O–H groups in total. The lowest BCUT2D eigenvalue weighted by Gasteiger charge is -2.40. The summed E-state index contributed by atoms with van der Waals surface area (Å²) in [6.45, 7) is 2.31. The highest BCUT2D eigenvalue weighted by molar-refractivity contribution is 6.03. The summed E-state index contributed by atoms with van der Waals surface area (Å²) in [5, 5.41) is 11.8. The number of likely N-dealkylation sites (tertiary alicyclic amines) is 1. The van der Waals surface area contributed by atoms with Crippen molar-refractivity contribution in [1.29, 1.82) is 5.26 Å². The molecule has 14 heteroatoms. The molecular weight excluding hydrogens is 699 g/mol. The monoisotopic (exact) mass is 739 g/mol. The second-order valence-corrected chi connectivity index (χ2v) is 13.7. The molecule has 0 aliphatic carbocycles. The number of aromatic nitrogens is 3. The molecular formula is C40H40F3N7O4. The third-order valence-electron chi connectivity index (χ3n) is 10.0. The molecule has 0 saturated carbocycles. The van der Waals surface area contributed by atoms with Crippen molar-refractivity contribution in [2.24, 2.45) is 0 Å². The number of nitriles is 1. The fourth-order valence-electron chi connectivity index (χ4n) is 7.27. The lowest BCUT2D eigenvalue weighted by atomic mass is 9.97. The van der Waals surface area contributed by atoms with Crippen LogP contribution in [0.15, 0.2) is 72.9 Å². The van der Waals surface area contributed by atoms with Crippen LogP contribution in [-0.4, -0.2) is 95.5 Å². The van der Waals surface area contributed by atoms with Crippen LogP contribution in [0.4, 0.5) is 23.8 Å². The predicted octanol–water partition coefficient (Wildman–Crippen LogP) is 7.31. The number of piperazine rings is 1. The number of ether oxygens (including phenoxy) is 3. The Hall–Kier alpha value is -5.68. The summed E-state index contributed by atoms with van der Waals surface area (Å²) in [5.41, 5.74) is 2.65. The number of likely N-dealkylation sites (N-methyl/N-ethyl adjacent to an activating group) is 1. The summed E-state index contributed by atoms with van der Waals surface area (Å²) in [7, 11) is 2.01. The lowest BCUT2D eigenvalue weighted by molar-refractivity contribution is -0.153. The standard InChI is InChI=1S/C40H40F3N7O4/c1-26-9-6-12-28-13-7-15-31(33(26)28)34-36(54-25-40(41,42)43)35-32(21-45-34)37(47-38(46-35)52-24-30-14-8-18-48(30)2)49-19-20-50(29(22-49)16-17-44)39(51)53-23-27-10-4-3-5-11-27/h3-7,9-13,15,21,29-30H,8,14,16,18-20,22-25H2,1-2H3/t29-,30-/m0/s1. The zero-order valence-corrected chi connectivity index (χ0v) is 30.1. The number of rotatable bonds is 10. The number of alkyl halides is 3. The Morgan fingerprint density at radius 1 is 0.981 bits per heavy atom. The quantitative estimate of drug-likeness (QED) is 0.144. The molecule has 0 bridgehead atoms. The average Bonchev–Trinajstić information content (AvgIpc) is 3.59. The molecule has 11 nitrogen and oxygen atoms in total. The minimum absolute atomic E-state index is 0.0140. The Morgan fingerprint density at radius 2 is 1.78 bits per heavy atom. The molecule has 1 amide bonds. The Morgan fingerprint density at radius 3 is 2.52 bits per heavy atom. The summed E-state index contributed by atoms with van der Waals surface area (Å²) >= 11 is 0. The Balaban J connectivity index is 1.31. The van der Waals surface area contributed by atoms with Gasteiger partial charge in [-0.3, -0.25) is 4.98 Å². The van der Waals surface area contributed by atoms with Crippen molar-refractivity contribution < 1.29 is 32.2 Å². The lowest BCUT2D eigenvalue weighted by Crippen LogP contribution is -2.55. The first-order valence-corrected chi connectivity index (χ1v) is 17.9. The fourth-order valence-corrected chi connectivity index (χ4v) is 7.27. The number of anilines is 1. The molecule has 2 fully saturated rings. The van der Waals surface area contributed by atoms with E-state index in [9.17, 15) is 23.2 Å². The van der Waals surface area contributed by atoms with Gasteiger partial charge in [-0.05, 0) is 55.3 Å². The Labute approximate surface area is 310 Å². The SMILES string of the molecule is Cc1cccc2cccc(-c3ncc4c(N5CCN(C(=O)OCc6ccccc6)[C@@H](CC#N)C5)nc(OC[C@@H]5CCCN5C)nc4c3OCC(F)(F)F)c12. The van der Waals surface area contributed by atoms with E-state index in [0.717, 1.165) is 41.3 Å². The van der Waals surface area contributed by atoms with E-state index in [2.05, 4.69) is 11.0 Å². The Bertz CT molecular complexity index is 2170. The van der Waals surface area contributed by atoms with Crippen molar-refractivity contribution in [3.05, 3.63) is 84.1 Å². The van der Waals surface area contributed by atoms with Crippen LogP contribution in [0.25, 0.3) is 32.9 Å². The van der Waals surface area contributed by atoms with Crippen LogP contribution < -0.4 is 14.4 Å². The van der Waals surface area contributed by atoms with E-state index in [1.54, 1.807) is 6.20 Å². The molecule has 7 rings (SSSR count). The molecule has 2 aliphatic rings. The van der Waals surface area contributed by atoms with Crippen molar-refractivity contribution in [2.45, 2.75) is 51.1 Å². The first kappa shape index (κ1) is 36.7. The number of amides is 1. The van der Waals surface area contributed by atoms with Gasteiger partial charge >= 0.3 is 18.3 Å². The van der Waals surface area contributed by atoms with Gasteiger partial charge in [0, 0.05) is 37.4 Å². The minimum atomic E-state index is -4.65. The summed E-state index contributed by atoms with van der Waals surface area (Å²) in [6.07, 6.45) is -1.70. The second kappa shape index (κ2) is 15.7. The van der Waals surface area contributed by atoms with Gasteiger partial charge in [0.2, 0.25) is 0 Å². The highest BCUT2D eigenvalue weighted by atomic mass is 19.4. The number of halogens is 3. The van der Waals surface area contributed by atoms with Crippen LogP contribution >= 0.6 is 0 Å². The highest BCUT2D eigenvalue weighted by Gasteiger charge is 2.35. The number of carbonyl (C=O) groups excluding carboxylic acids is 1. The minimum Gasteiger partial charge on any atom is -0.480 e. The first-order valence-electron chi connectivity index (χ1n) is 17.9. The second-order valence-electron chi connectivity index (χ2n) is 13.7. The van der Waals surface area contributed by atoms with E-state index in [0.29, 0.717) is 16.8 Å². The maximum absolute atomic E-state index is 13.9. The van der Waals surface area contributed by atoms with E-state index in [1.807, 2.05) is 85.6 Å². The highest BCUT2D eigenvalue weighted by Crippen LogP contribution is 2.42. The summed E-state index contributed by atoms with van der Waals surface area (Å²) in [4.78, 5) is 33.2. The van der Waals surface area contributed by atoms with Crippen LogP contribution in [0, 0.1) is 18.3 Å². The summed E-state index contributed by atoms with van der Waals surface area (Å²) < 4.78 is 59.1. The van der Waals surface area contributed by atoms with Crippen LogP contribution in [0.3, 0.4) is 0 Å². The zero-order chi connectivity index (χ0) is 37.8. The van der Waals surface area contributed by atoms with E-state index >= 15 is 0 Å². The fraction of sp³-hybridized carbons (Fsp3) is 0.375. The van der Waals surface area contributed by atoms with Crippen LogP contribution in [0.2, 0.25) is 0 Å². The van der Waals surface area contributed by atoms with Crippen LogP contribution in [-0.2, 0) is 11.3 Å². The van der Waals surface area contributed by atoms with Crippen LogP contribution in [0.5, 0.6) is 11.8 Å². The molecule has 3 aromatic carbocycles. The topological polar surface area (TPSA) is 117 Å². The van der Waals surface area contributed by atoms with Crippen molar-refractivity contribution in [2.75, 3.05) is 51.3 Å². The molecule has 280 valence electrons. The van der Waals surface area contributed by atoms with Crippen LogP contribution in [0.1, 0.15) is 30.4 Å². The molecule has 2 atom stereocenters. The van der Waals surface area contributed by atoms with Crippen molar-refractivity contribution >= 4 is 33.6 Å². The molecule has 5 aromatic rings. The van der Waals surface area contributed by atoms with Crippen molar-refractivity contribution in [3.63, 3.8) is 0 Å². The maximum Gasteiger partial charge on any atom is 0.422 e. The van der Waals surface area contributed by atoms with E-state index < -0.39 is 24.9 Å². The van der Waals surface area contributed by atoms with Crippen molar-refractivity contribution in [1.82, 2.24) is 24.8 Å². The summed E-state index contributed by atoms with van der Waals surface area (Å²) in [5.74, 6) is 0.198. The van der Waals surface area contributed by atoms with Gasteiger partial charge in [0.15, 0.2) is 12.4 Å². The molecule has 2 aliphatic heterocycles. The number of aryl methyl sites for hydroxylation is 1. The summed E-state index contributed by atoms with van der Waals surface area (Å²) in [6, 6.07) is 22.4. The van der Waals surface area contributed by atoms with Gasteiger partial charge in [-0.25, -0.2) is 4.79 Å². The molecule has 4 heterocycles. The number of hydrogen-bond acceptors (Lipinski definition) is 10. The van der Waals surface area contributed by atoms with E-state index in [4.69, 9.17) is 29.2 Å². The molecule has 0 unspecified atom stereocenters. The average molecular weight is 740 g/mol. The molecule has 0 spiro atoms. The smallest absolute Gasteiger partial charge is 0.422 e. The van der Waals surface area contributed by atoms with Gasteiger partial charge in [0.1, 0.15) is 30.2 Å². The molecule has 0 radical (unpaired) electrons. The number of benzene rings is 3. The number of fused-ring (bicyclic) bond motifs is 2. The number of pyridine rings is 1. The van der Waals surface area contributed by atoms with Gasteiger partial charge in [0.25, 0.3) is 0 Å². The van der Waals surface area contributed by atoms with E-state index in [1.165, 1.54) is 4.90 Å². The Kier molecular flexibility index (Phi) is 10.7. The van der Waals surface area contributed by atoms with Gasteiger partial charge in [-0.1, -0.05) is 66.7 Å². The number of nitrogens with zero attached hydrogens (tertiary/aromatic N) is 7. The maximum atomic E-state index is 13.9. The molecule has 2 saturated heterocycles. The number of hydrogen-bond donors (Lipinski definition) is 0. The first-order chi connectivity index (χ1) is 26.1. The molecule has 2 aromatic heterocycles. The largest absolute Gasteiger partial charge is 0.480 e. The van der Waals surface area contributed by atoms with Crippen molar-refractivity contribution in [3.8, 4) is 29.1 Å². The van der Waals surface area contributed by atoms with Gasteiger partial charge < -0.3 is 28.9 Å². The van der Waals surface area contributed by atoms with Gasteiger partial charge in [0.05, 0.1) is 23.9 Å². The van der Waals surface area contributed by atoms with E-state index in [-0.39, 0.29) is 68.3 Å². The third kappa shape index (κ3) is 7.96. The predicted molar refractivity (Wildman–Crippen MR) is 197 cm³/mol. The normalized spacial score (nSPS) is 17.9. The third-order valence-corrected chi connectivity index (χ3v) is 10.0. The zero-order valence-electron chi connectivity index (χ0n) is 30.1. The number of carbonyl (C=O) groups is 1. The van der Waals surface area contributed by atoms with Gasteiger partial charge in [-0.2, -0.15) is 28.4 Å². The van der Waals surface area contributed by atoms with Gasteiger partial charge in [-0.15, -0.1) is 0 Å². The molecule has 54 heavy (non-hydrogen) atoms.